The van der Waals surface area contributed by atoms with Gasteiger partial charge in [0.1, 0.15) is 12.4 Å². The summed E-state index contributed by atoms with van der Waals surface area (Å²) in [4.78, 5) is 46.4. The van der Waals surface area contributed by atoms with Crippen molar-refractivity contribution in [1.29, 1.82) is 0 Å². The zero-order valence-corrected chi connectivity index (χ0v) is 24.0. The van der Waals surface area contributed by atoms with Crippen molar-refractivity contribution in [2.75, 3.05) is 31.5 Å². The topological polar surface area (TPSA) is 152 Å². The fraction of sp³-hybridized carbons (Fsp3) is 0.433. The second kappa shape index (κ2) is 16.8. The highest BCUT2D eigenvalue weighted by atomic mass is 16.7. The average Bonchev–Trinajstić information content (AvgIpc) is 3.30. The number of hydrogen-bond acceptors (Lipinski definition) is 10. The molecule has 0 bridgehead atoms. The number of carbonyl (C=O) groups excluding carboxylic acids is 3. The lowest BCUT2D eigenvalue weighted by atomic mass is 10.2. The SMILES string of the molecule is C[C@@H](CNc1ccc(COC(=O)Oc2ccc([N+](=O)[O-])cc2)cc1)NC[C@H](C)NCCCCCCN1C(=O)C=CC1=O. The summed E-state index contributed by atoms with van der Waals surface area (Å²) in [5, 5.41) is 21.1. The molecule has 12 nitrogen and oxygen atoms in total. The van der Waals surface area contributed by atoms with Crippen molar-refractivity contribution in [3.8, 4) is 5.75 Å². The lowest BCUT2D eigenvalue weighted by molar-refractivity contribution is -0.384. The fourth-order valence-electron chi connectivity index (χ4n) is 4.16. The van der Waals surface area contributed by atoms with Gasteiger partial charge in [0, 0.05) is 61.7 Å². The molecule has 1 aliphatic rings. The van der Waals surface area contributed by atoms with E-state index in [4.69, 9.17) is 9.47 Å². The van der Waals surface area contributed by atoms with Crippen LogP contribution in [0.1, 0.15) is 45.1 Å². The third kappa shape index (κ3) is 11.3. The van der Waals surface area contributed by atoms with Crippen LogP contribution in [0.3, 0.4) is 0 Å². The first kappa shape index (κ1) is 32.2. The summed E-state index contributed by atoms with van der Waals surface area (Å²) < 4.78 is 10.2. The van der Waals surface area contributed by atoms with Crippen molar-refractivity contribution < 1.29 is 28.8 Å². The highest BCUT2D eigenvalue weighted by Gasteiger charge is 2.22. The average molecular weight is 582 g/mol. The summed E-state index contributed by atoms with van der Waals surface area (Å²) >= 11 is 0. The monoisotopic (exact) mass is 581 g/mol. The van der Waals surface area contributed by atoms with Gasteiger partial charge in [-0.15, -0.1) is 0 Å². The van der Waals surface area contributed by atoms with E-state index in [0.717, 1.165) is 56.6 Å². The Morgan fingerprint density at radius 1 is 0.881 bits per heavy atom. The third-order valence-electron chi connectivity index (χ3n) is 6.65. The number of nitro benzene ring substituents is 1. The Labute approximate surface area is 245 Å². The van der Waals surface area contributed by atoms with Gasteiger partial charge in [-0.05, 0) is 63.1 Å². The lowest BCUT2D eigenvalue weighted by Crippen LogP contribution is -2.42. The Hall–Kier alpha value is -4.29. The number of nitrogens with zero attached hydrogens (tertiary/aromatic N) is 2. The van der Waals surface area contributed by atoms with E-state index < -0.39 is 11.1 Å². The number of unbranched alkanes of at least 4 members (excludes halogenated alkanes) is 3. The fourth-order valence-corrected chi connectivity index (χ4v) is 4.16. The number of ether oxygens (including phenoxy) is 2. The Kier molecular flexibility index (Phi) is 12.9. The summed E-state index contributed by atoms with van der Waals surface area (Å²) in [6.07, 6.45) is 5.67. The number of hydrogen-bond donors (Lipinski definition) is 3. The molecule has 0 unspecified atom stereocenters. The van der Waals surface area contributed by atoms with Gasteiger partial charge in [0.05, 0.1) is 4.92 Å². The van der Waals surface area contributed by atoms with Gasteiger partial charge in [-0.3, -0.25) is 24.6 Å². The van der Waals surface area contributed by atoms with E-state index in [9.17, 15) is 24.5 Å². The second-order valence-corrected chi connectivity index (χ2v) is 10.2. The molecule has 1 heterocycles. The third-order valence-corrected chi connectivity index (χ3v) is 6.65. The number of rotatable bonds is 18. The van der Waals surface area contributed by atoms with E-state index in [1.807, 2.05) is 24.3 Å². The minimum absolute atomic E-state index is 0.0350. The normalized spacial score (nSPS) is 14.1. The van der Waals surface area contributed by atoms with E-state index in [0.29, 0.717) is 12.6 Å². The molecule has 2 atom stereocenters. The van der Waals surface area contributed by atoms with E-state index in [-0.39, 0.29) is 35.9 Å². The molecule has 3 N–H and O–H groups in total. The van der Waals surface area contributed by atoms with Gasteiger partial charge < -0.3 is 25.4 Å². The molecule has 0 fully saturated rings. The van der Waals surface area contributed by atoms with Gasteiger partial charge in [0.2, 0.25) is 0 Å². The van der Waals surface area contributed by atoms with Crippen molar-refractivity contribution in [2.45, 2.75) is 58.2 Å². The molecule has 2 aromatic rings. The van der Waals surface area contributed by atoms with Crippen molar-refractivity contribution in [2.24, 2.45) is 0 Å². The number of imide groups is 1. The predicted octanol–water partition coefficient (Wildman–Crippen LogP) is 4.16. The van der Waals surface area contributed by atoms with Crippen LogP contribution in [-0.4, -0.2) is 66.1 Å². The molecule has 0 saturated heterocycles. The molecule has 0 radical (unpaired) electrons. The smallest absolute Gasteiger partial charge is 0.429 e. The van der Waals surface area contributed by atoms with Gasteiger partial charge in [0.15, 0.2) is 0 Å². The maximum Gasteiger partial charge on any atom is 0.514 e. The van der Waals surface area contributed by atoms with Crippen LogP contribution in [0, 0.1) is 10.1 Å². The van der Waals surface area contributed by atoms with Gasteiger partial charge in [0.25, 0.3) is 17.5 Å². The van der Waals surface area contributed by atoms with Crippen LogP contribution >= 0.6 is 0 Å². The quantitative estimate of drug-likeness (QED) is 0.0584. The van der Waals surface area contributed by atoms with Crippen LogP contribution in [0.25, 0.3) is 0 Å². The maximum atomic E-state index is 11.9. The molecular formula is C30H39N5O7. The Balaban J connectivity index is 1.21. The number of non-ortho nitro benzene ring substituents is 1. The summed E-state index contributed by atoms with van der Waals surface area (Å²) in [5.41, 5.74) is 1.65. The summed E-state index contributed by atoms with van der Waals surface area (Å²) in [7, 11) is 0. The Bertz CT molecular complexity index is 1200. The van der Waals surface area contributed by atoms with Gasteiger partial charge in [-0.2, -0.15) is 0 Å². The predicted molar refractivity (Wildman–Crippen MR) is 158 cm³/mol. The summed E-state index contributed by atoms with van der Waals surface area (Å²) in [5.74, 6) is -0.259. The van der Waals surface area contributed by atoms with E-state index in [1.165, 1.54) is 41.3 Å². The first-order chi connectivity index (χ1) is 20.2. The molecule has 0 spiro atoms. The highest BCUT2D eigenvalue weighted by Crippen LogP contribution is 2.18. The number of benzene rings is 2. The molecule has 0 aromatic heterocycles. The Morgan fingerprint density at radius 2 is 1.52 bits per heavy atom. The van der Waals surface area contributed by atoms with Crippen molar-refractivity contribution in [1.82, 2.24) is 15.5 Å². The lowest BCUT2D eigenvalue weighted by Gasteiger charge is -2.20. The summed E-state index contributed by atoms with van der Waals surface area (Å²) in [6.45, 7) is 7.28. The molecule has 42 heavy (non-hydrogen) atoms. The van der Waals surface area contributed by atoms with Gasteiger partial charge in [-0.1, -0.05) is 25.0 Å². The van der Waals surface area contributed by atoms with Crippen molar-refractivity contribution in [3.63, 3.8) is 0 Å². The van der Waals surface area contributed by atoms with Crippen LogP contribution in [0.15, 0.2) is 60.7 Å². The standard InChI is InChI=1S/C30H39N5O7/c1-22(31-17-5-3-4-6-18-34-28(36)15-16-29(34)37)19-32-23(2)20-33-25-9-7-24(8-10-25)21-41-30(38)42-27-13-11-26(12-14-27)35(39)40/h7-16,22-23,31-33H,3-6,17-21H2,1-2H3/t22-,23-/m0/s1. The Morgan fingerprint density at radius 3 is 2.19 bits per heavy atom. The molecule has 1 aliphatic heterocycles. The number of anilines is 1. The van der Waals surface area contributed by atoms with Crippen LogP contribution in [0.4, 0.5) is 16.2 Å². The van der Waals surface area contributed by atoms with Crippen molar-refractivity contribution in [3.05, 3.63) is 76.4 Å². The van der Waals surface area contributed by atoms with Crippen LogP contribution < -0.4 is 20.7 Å². The van der Waals surface area contributed by atoms with Gasteiger partial charge in [-0.25, -0.2) is 4.79 Å². The zero-order chi connectivity index (χ0) is 30.3. The first-order valence-electron chi connectivity index (χ1n) is 14.1. The molecule has 2 amide bonds. The van der Waals surface area contributed by atoms with E-state index in [2.05, 4.69) is 29.8 Å². The molecule has 226 valence electrons. The largest absolute Gasteiger partial charge is 0.514 e. The number of nitro groups is 1. The first-order valence-corrected chi connectivity index (χ1v) is 14.1. The van der Waals surface area contributed by atoms with E-state index in [1.54, 1.807) is 0 Å². The summed E-state index contributed by atoms with van der Waals surface area (Å²) in [6, 6.07) is 13.3. The minimum atomic E-state index is -0.891. The maximum absolute atomic E-state index is 11.9. The molecule has 12 heteroatoms. The zero-order valence-electron chi connectivity index (χ0n) is 24.0. The molecule has 2 aromatic carbocycles. The minimum Gasteiger partial charge on any atom is -0.429 e. The van der Waals surface area contributed by atoms with E-state index >= 15 is 0 Å². The van der Waals surface area contributed by atoms with Crippen molar-refractivity contribution >= 4 is 29.3 Å². The molecule has 3 rings (SSSR count). The van der Waals surface area contributed by atoms with Crippen LogP contribution in [0.5, 0.6) is 5.75 Å². The molecule has 0 aliphatic carbocycles. The number of amides is 2. The highest BCUT2D eigenvalue weighted by molar-refractivity contribution is 6.12. The van der Waals surface area contributed by atoms with Crippen LogP contribution in [0.2, 0.25) is 0 Å². The molecular weight excluding hydrogens is 542 g/mol. The second-order valence-electron chi connectivity index (χ2n) is 10.2. The number of carbonyl (C=O) groups is 3. The van der Waals surface area contributed by atoms with Gasteiger partial charge >= 0.3 is 6.16 Å². The van der Waals surface area contributed by atoms with Crippen LogP contribution in [-0.2, 0) is 20.9 Å². The number of nitrogens with one attached hydrogen (secondary N) is 3. The molecule has 0 saturated carbocycles.